The van der Waals surface area contributed by atoms with E-state index in [1.54, 1.807) is 0 Å². The fourth-order valence-electron chi connectivity index (χ4n) is 2.69. The zero-order valence-corrected chi connectivity index (χ0v) is 11.5. The molecule has 1 aliphatic carbocycles. The highest BCUT2D eigenvalue weighted by Gasteiger charge is 2.13. The van der Waals surface area contributed by atoms with E-state index in [9.17, 15) is 5.11 Å². The smallest absolute Gasteiger partial charge is 0.0723 e. The van der Waals surface area contributed by atoms with E-state index in [2.05, 4.69) is 35.9 Å². The Kier molecular flexibility index (Phi) is 4.59. The van der Waals surface area contributed by atoms with Gasteiger partial charge in [0.2, 0.25) is 0 Å². The zero-order valence-electron chi connectivity index (χ0n) is 11.5. The van der Waals surface area contributed by atoms with Gasteiger partial charge in [0.15, 0.2) is 0 Å². The molecule has 100 valence electrons. The first-order valence-electron chi connectivity index (χ1n) is 7.14. The lowest BCUT2D eigenvalue weighted by Crippen LogP contribution is -2.11. The monoisotopic (exact) mass is 248 g/mol. The molecule has 18 heavy (non-hydrogen) atoms. The second kappa shape index (κ2) is 6.19. The van der Waals surface area contributed by atoms with Gasteiger partial charge in [0.25, 0.3) is 0 Å². The Morgan fingerprint density at radius 3 is 2.89 bits per heavy atom. The van der Waals surface area contributed by atoms with Crippen molar-refractivity contribution in [1.29, 1.82) is 0 Å². The normalized spacial score (nSPS) is 20.2. The van der Waals surface area contributed by atoms with E-state index in [0.717, 1.165) is 44.2 Å². The predicted molar refractivity (Wildman–Crippen MR) is 73.5 cm³/mol. The molecule has 0 aliphatic heterocycles. The maximum absolute atomic E-state index is 9.63. The summed E-state index contributed by atoms with van der Waals surface area (Å²) in [5.41, 5.74) is 2.46. The number of aliphatic hydroxyl groups excluding tert-OH is 1. The number of aliphatic hydroxyl groups is 1. The van der Waals surface area contributed by atoms with E-state index in [1.807, 2.05) is 6.08 Å². The van der Waals surface area contributed by atoms with Crippen molar-refractivity contribution in [1.82, 2.24) is 9.78 Å². The Balaban J connectivity index is 2.02. The molecule has 1 unspecified atom stereocenters. The highest BCUT2D eigenvalue weighted by Crippen LogP contribution is 2.22. The quantitative estimate of drug-likeness (QED) is 0.812. The third-order valence-corrected chi connectivity index (χ3v) is 3.81. The summed E-state index contributed by atoms with van der Waals surface area (Å²) in [4.78, 5) is 0. The van der Waals surface area contributed by atoms with Gasteiger partial charge < -0.3 is 5.11 Å². The SMILES string of the molecule is CCC(CC)n1ccc(CC2=CC(O)CCC2)n1. The molecule has 1 N–H and O–H groups in total. The Hall–Kier alpha value is -1.09. The van der Waals surface area contributed by atoms with Gasteiger partial charge in [0.05, 0.1) is 17.8 Å². The Bertz CT molecular complexity index is 404. The van der Waals surface area contributed by atoms with Crippen LogP contribution < -0.4 is 0 Å². The van der Waals surface area contributed by atoms with Crippen LogP contribution in [0.25, 0.3) is 0 Å². The van der Waals surface area contributed by atoms with Crippen LogP contribution in [0.3, 0.4) is 0 Å². The lowest BCUT2D eigenvalue weighted by atomic mass is 9.94. The fourth-order valence-corrected chi connectivity index (χ4v) is 2.69. The summed E-state index contributed by atoms with van der Waals surface area (Å²) in [6.45, 7) is 4.41. The van der Waals surface area contributed by atoms with Crippen molar-refractivity contribution in [2.45, 2.75) is 64.5 Å². The molecule has 1 aromatic heterocycles. The highest BCUT2D eigenvalue weighted by molar-refractivity contribution is 5.17. The van der Waals surface area contributed by atoms with Crippen LogP contribution in [-0.2, 0) is 6.42 Å². The summed E-state index contributed by atoms with van der Waals surface area (Å²) >= 11 is 0. The van der Waals surface area contributed by atoms with Crippen LogP contribution in [-0.4, -0.2) is 21.0 Å². The summed E-state index contributed by atoms with van der Waals surface area (Å²) in [5.74, 6) is 0. The third-order valence-electron chi connectivity index (χ3n) is 3.81. The molecule has 2 rings (SSSR count). The van der Waals surface area contributed by atoms with Crippen molar-refractivity contribution in [3.8, 4) is 0 Å². The summed E-state index contributed by atoms with van der Waals surface area (Å²) in [7, 11) is 0. The van der Waals surface area contributed by atoms with E-state index in [1.165, 1.54) is 5.57 Å². The number of nitrogens with zero attached hydrogens (tertiary/aromatic N) is 2. The van der Waals surface area contributed by atoms with Gasteiger partial charge in [-0.1, -0.05) is 25.5 Å². The molecule has 0 fully saturated rings. The minimum Gasteiger partial charge on any atom is -0.389 e. The van der Waals surface area contributed by atoms with Crippen LogP contribution in [0.1, 0.15) is 57.7 Å². The summed E-state index contributed by atoms with van der Waals surface area (Å²) in [6, 6.07) is 2.63. The molecular weight excluding hydrogens is 224 g/mol. The van der Waals surface area contributed by atoms with Crippen LogP contribution in [0.15, 0.2) is 23.9 Å². The molecule has 0 aromatic carbocycles. The van der Waals surface area contributed by atoms with Gasteiger partial charge in [0, 0.05) is 12.6 Å². The summed E-state index contributed by atoms with van der Waals surface area (Å²) in [6.07, 6.45) is 10.1. The molecule has 1 aliphatic rings. The number of rotatable bonds is 5. The van der Waals surface area contributed by atoms with Crippen molar-refractivity contribution < 1.29 is 5.11 Å². The van der Waals surface area contributed by atoms with E-state index in [-0.39, 0.29) is 6.10 Å². The molecule has 1 atom stereocenters. The molecule has 3 nitrogen and oxygen atoms in total. The average Bonchev–Trinajstić information content (AvgIpc) is 2.79. The highest BCUT2D eigenvalue weighted by atomic mass is 16.3. The van der Waals surface area contributed by atoms with Gasteiger partial charge in [-0.3, -0.25) is 4.68 Å². The number of aromatic nitrogens is 2. The van der Waals surface area contributed by atoms with Crippen LogP contribution in [0.2, 0.25) is 0 Å². The van der Waals surface area contributed by atoms with E-state index in [0.29, 0.717) is 6.04 Å². The summed E-state index contributed by atoms with van der Waals surface area (Å²) < 4.78 is 2.09. The Morgan fingerprint density at radius 2 is 2.22 bits per heavy atom. The lowest BCUT2D eigenvalue weighted by molar-refractivity contribution is 0.202. The van der Waals surface area contributed by atoms with Gasteiger partial charge in [0.1, 0.15) is 0 Å². The summed E-state index contributed by atoms with van der Waals surface area (Å²) in [5, 5.41) is 14.3. The molecule has 0 radical (unpaired) electrons. The minimum atomic E-state index is -0.241. The molecule has 0 spiro atoms. The van der Waals surface area contributed by atoms with Crippen LogP contribution in [0.5, 0.6) is 0 Å². The van der Waals surface area contributed by atoms with Crippen molar-refractivity contribution in [2.75, 3.05) is 0 Å². The molecule has 3 heteroatoms. The molecule has 0 bridgehead atoms. The van der Waals surface area contributed by atoms with Gasteiger partial charge >= 0.3 is 0 Å². The lowest BCUT2D eigenvalue weighted by Gasteiger charge is -2.16. The first-order chi connectivity index (χ1) is 8.72. The predicted octanol–water partition coefficient (Wildman–Crippen LogP) is 3.26. The van der Waals surface area contributed by atoms with Crippen LogP contribution in [0.4, 0.5) is 0 Å². The third kappa shape index (κ3) is 3.22. The standard InChI is InChI=1S/C15H24N2O/c1-3-14(4-2)17-9-8-13(16-17)10-12-6-5-7-15(18)11-12/h8-9,11,14-15,18H,3-7,10H2,1-2H3. The maximum Gasteiger partial charge on any atom is 0.0723 e. The van der Waals surface area contributed by atoms with Crippen LogP contribution >= 0.6 is 0 Å². The second-order valence-corrected chi connectivity index (χ2v) is 5.22. The molecule has 1 aromatic rings. The van der Waals surface area contributed by atoms with Gasteiger partial charge in [-0.25, -0.2) is 0 Å². The minimum absolute atomic E-state index is 0.241. The second-order valence-electron chi connectivity index (χ2n) is 5.22. The van der Waals surface area contributed by atoms with Gasteiger partial charge in [-0.15, -0.1) is 0 Å². The largest absolute Gasteiger partial charge is 0.389 e. The first kappa shape index (κ1) is 13.3. The topological polar surface area (TPSA) is 38.0 Å². The molecule has 0 saturated heterocycles. The zero-order chi connectivity index (χ0) is 13.0. The van der Waals surface area contributed by atoms with Crippen molar-refractivity contribution >= 4 is 0 Å². The molecular formula is C15H24N2O. The molecule has 0 saturated carbocycles. The van der Waals surface area contributed by atoms with E-state index >= 15 is 0 Å². The van der Waals surface area contributed by atoms with E-state index < -0.39 is 0 Å². The first-order valence-corrected chi connectivity index (χ1v) is 7.14. The average molecular weight is 248 g/mol. The number of allylic oxidation sites excluding steroid dienone is 1. The Labute approximate surface area is 110 Å². The number of hydrogen-bond acceptors (Lipinski definition) is 2. The van der Waals surface area contributed by atoms with Gasteiger partial charge in [-0.2, -0.15) is 5.10 Å². The molecule has 0 amide bonds. The van der Waals surface area contributed by atoms with Crippen molar-refractivity contribution in [2.24, 2.45) is 0 Å². The van der Waals surface area contributed by atoms with Crippen molar-refractivity contribution in [3.63, 3.8) is 0 Å². The number of hydrogen-bond donors (Lipinski definition) is 1. The van der Waals surface area contributed by atoms with Crippen molar-refractivity contribution in [3.05, 3.63) is 29.6 Å². The van der Waals surface area contributed by atoms with E-state index in [4.69, 9.17) is 0 Å². The van der Waals surface area contributed by atoms with Crippen LogP contribution in [0, 0.1) is 0 Å². The molecule has 1 heterocycles. The fraction of sp³-hybridized carbons (Fsp3) is 0.667. The van der Waals surface area contributed by atoms with Gasteiger partial charge in [-0.05, 0) is 38.2 Å². The Morgan fingerprint density at radius 1 is 1.44 bits per heavy atom. The maximum atomic E-state index is 9.63.